The summed E-state index contributed by atoms with van der Waals surface area (Å²) >= 11 is 0. The summed E-state index contributed by atoms with van der Waals surface area (Å²) in [5, 5.41) is 0.471. The van der Waals surface area contributed by atoms with Crippen molar-refractivity contribution >= 4 is 38.5 Å². The van der Waals surface area contributed by atoms with Crippen molar-refractivity contribution in [3.05, 3.63) is 84.3 Å². The predicted molar refractivity (Wildman–Crippen MR) is 134 cm³/mol. The van der Waals surface area contributed by atoms with Crippen LogP contribution in [0.2, 0.25) is 0 Å². The van der Waals surface area contributed by atoms with Crippen molar-refractivity contribution in [2.75, 3.05) is 32.2 Å². The fourth-order valence-electron chi connectivity index (χ4n) is 3.88. The summed E-state index contributed by atoms with van der Waals surface area (Å²) in [6, 6.07) is 15.4. The third-order valence-electron chi connectivity index (χ3n) is 5.72. The zero-order valence-electron chi connectivity index (χ0n) is 20.2. The Hall–Kier alpha value is -4.38. The Balaban J connectivity index is 1.81. The van der Waals surface area contributed by atoms with Crippen molar-refractivity contribution in [3.63, 3.8) is 0 Å². The minimum absolute atomic E-state index is 0.0641. The zero-order chi connectivity index (χ0) is 26.7. The van der Waals surface area contributed by atoms with Gasteiger partial charge < -0.3 is 14.2 Å². The lowest BCUT2D eigenvalue weighted by Crippen LogP contribution is -2.37. The van der Waals surface area contributed by atoms with E-state index in [4.69, 9.17) is 14.2 Å². The largest absolute Gasteiger partial charge is 0.493 e. The highest BCUT2D eigenvalue weighted by molar-refractivity contribution is 7.92. The van der Waals surface area contributed by atoms with Crippen LogP contribution in [0.4, 0.5) is 10.1 Å². The number of hydrogen-bond donors (Lipinski definition) is 0. The van der Waals surface area contributed by atoms with Crippen molar-refractivity contribution in [1.29, 1.82) is 0 Å². The van der Waals surface area contributed by atoms with E-state index in [1.54, 1.807) is 24.3 Å². The molecule has 0 atom stereocenters. The first-order chi connectivity index (χ1) is 17.7. The van der Waals surface area contributed by atoms with Crippen LogP contribution in [0, 0.1) is 5.82 Å². The van der Waals surface area contributed by atoms with Gasteiger partial charge in [0.15, 0.2) is 11.5 Å². The number of carbonyl (C=O) groups excluding carboxylic acids is 2. The van der Waals surface area contributed by atoms with E-state index in [-0.39, 0.29) is 21.9 Å². The fraction of sp³-hybridized carbons (Fsp3) is 0.154. The Labute approximate surface area is 212 Å². The van der Waals surface area contributed by atoms with Gasteiger partial charge in [-0.15, -0.1) is 0 Å². The van der Waals surface area contributed by atoms with Gasteiger partial charge in [-0.1, -0.05) is 18.2 Å². The molecule has 0 N–H and O–H groups in total. The number of esters is 1. The Morgan fingerprint density at radius 1 is 0.919 bits per heavy atom. The number of sulfonamides is 1. The maximum absolute atomic E-state index is 13.8. The van der Waals surface area contributed by atoms with Crippen LogP contribution in [0.5, 0.6) is 11.5 Å². The molecule has 0 unspecified atom stereocenters. The molecule has 0 saturated carbocycles. The van der Waals surface area contributed by atoms with Gasteiger partial charge in [0.2, 0.25) is 0 Å². The van der Waals surface area contributed by atoms with Gasteiger partial charge in [0.05, 0.1) is 43.0 Å². The second-order valence-electron chi connectivity index (χ2n) is 7.82. The van der Waals surface area contributed by atoms with Crippen molar-refractivity contribution in [3.8, 4) is 11.5 Å². The SMILES string of the molecule is COC(=O)c1cn(C(=O)CN(c2ccc(F)cc2)S(=O)(=O)c2ccc(OC)c(OC)c2)c2ccccc12. The second kappa shape index (κ2) is 10.3. The first-order valence-corrected chi connectivity index (χ1v) is 12.4. The molecule has 11 heteroatoms. The van der Waals surface area contributed by atoms with E-state index in [0.29, 0.717) is 16.7 Å². The summed E-state index contributed by atoms with van der Waals surface area (Å²) < 4.78 is 58.5. The van der Waals surface area contributed by atoms with Gasteiger partial charge in [0.1, 0.15) is 12.4 Å². The van der Waals surface area contributed by atoms with Gasteiger partial charge in [-0.3, -0.25) is 13.7 Å². The molecule has 0 amide bonds. The molecule has 3 aromatic carbocycles. The Kier molecular flexibility index (Phi) is 7.16. The number of fused-ring (bicyclic) bond motifs is 1. The molecule has 0 bridgehead atoms. The van der Waals surface area contributed by atoms with Crippen molar-refractivity contribution in [1.82, 2.24) is 4.57 Å². The van der Waals surface area contributed by atoms with Crippen LogP contribution in [-0.2, 0) is 14.8 Å². The lowest BCUT2D eigenvalue weighted by atomic mass is 10.2. The maximum Gasteiger partial charge on any atom is 0.340 e. The van der Waals surface area contributed by atoms with Crippen molar-refractivity contribution < 1.29 is 36.6 Å². The number of ether oxygens (including phenoxy) is 3. The number of benzene rings is 3. The molecule has 0 aliphatic carbocycles. The Morgan fingerprint density at radius 3 is 2.24 bits per heavy atom. The van der Waals surface area contributed by atoms with Crippen molar-refractivity contribution in [2.24, 2.45) is 0 Å². The number of carbonyl (C=O) groups is 2. The van der Waals surface area contributed by atoms with Gasteiger partial charge in [0, 0.05) is 17.6 Å². The number of methoxy groups -OCH3 is 3. The van der Waals surface area contributed by atoms with Gasteiger partial charge in [-0.05, 0) is 42.5 Å². The molecular weight excluding hydrogens is 503 g/mol. The number of anilines is 1. The van der Waals surface area contributed by atoms with Gasteiger partial charge in [-0.2, -0.15) is 0 Å². The highest BCUT2D eigenvalue weighted by Crippen LogP contribution is 2.32. The molecule has 0 fully saturated rings. The minimum atomic E-state index is -4.35. The Morgan fingerprint density at radius 2 is 1.59 bits per heavy atom. The maximum atomic E-state index is 13.8. The molecule has 0 aliphatic rings. The van der Waals surface area contributed by atoms with Crippen molar-refractivity contribution in [2.45, 2.75) is 4.90 Å². The minimum Gasteiger partial charge on any atom is -0.493 e. The Bertz CT molecular complexity index is 1580. The second-order valence-corrected chi connectivity index (χ2v) is 9.68. The standard InChI is InChI=1S/C26H23FN2O7S/c1-34-23-13-12-19(14-24(23)35-2)37(32,33)29(18-10-8-17(27)9-11-18)16-25(30)28-15-21(26(31)36-3)20-6-4-5-7-22(20)28/h4-15H,16H2,1-3H3. The number of halogens is 1. The van der Waals surface area contributed by atoms with Crippen LogP contribution in [0.3, 0.4) is 0 Å². The van der Waals surface area contributed by atoms with Gasteiger partial charge in [0.25, 0.3) is 15.9 Å². The first-order valence-electron chi connectivity index (χ1n) is 10.9. The molecule has 1 aromatic heterocycles. The quantitative estimate of drug-likeness (QED) is 0.318. The first kappa shape index (κ1) is 25.7. The van der Waals surface area contributed by atoms with E-state index in [0.717, 1.165) is 16.4 Å². The monoisotopic (exact) mass is 526 g/mol. The summed E-state index contributed by atoms with van der Waals surface area (Å²) in [7, 11) is -0.338. The van der Waals surface area contributed by atoms with Crippen LogP contribution < -0.4 is 13.8 Å². The lowest BCUT2D eigenvalue weighted by Gasteiger charge is -2.24. The molecule has 4 rings (SSSR count). The van der Waals surface area contributed by atoms with Crippen LogP contribution in [0.15, 0.2) is 77.8 Å². The average molecular weight is 527 g/mol. The molecular formula is C26H23FN2O7S. The summed E-state index contributed by atoms with van der Waals surface area (Å²) in [5.41, 5.74) is 0.618. The molecule has 37 heavy (non-hydrogen) atoms. The highest BCUT2D eigenvalue weighted by atomic mass is 32.2. The van der Waals surface area contributed by atoms with Gasteiger partial charge in [-0.25, -0.2) is 17.6 Å². The molecule has 1 heterocycles. The van der Waals surface area contributed by atoms with E-state index in [1.807, 2.05) is 0 Å². The highest BCUT2D eigenvalue weighted by Gasteiger charge is 2.30. The molecule has 4 aromatic rings. The average Bonchev–Trinajstić information content (AvgIpc) is 3.31. The van der Waals surface area contributed by atoms with E-state index in [9.17, 15) is 22.4 Å². The van der Waals surface area contributed by atoms with E-state index < -0.39 is 34.3 Å². The van der Waals surface area contributed by atoms with E-state index >= 15 is 0 Å². The third kappa shape index (κ3) is 4.85. The van der Waals surface area contributed by atoms with Crippen LogP contribution >= 0.6 is 0 Å². The molecule has 0 radical (unpaired) electrons. The number of hydrogen-bond acceptors (Lipinski definition) is 7. The summed E-state index contributed by atoms with van der Waals surface area (Å²) in [4.78, 5) is 25.6. The summed E-state index contributed by atoms with van der Waals surface area (Å²) in [6.45, 7) is -0.651. The third-order valence-corrected chi connectivity index (χ3v) is 7.49. The topological polar surface area (TPSA) is 104 Å². The smallest absolute Gasteiger partial charge is 0.340 e. The van der Waals surface area contributed by atoms with E-state index in [1.165, 1.54) is 62.4 Å². The number of rotatable bonds is 8. The van der Waals surface area contributed by atoms with Gasteiger partial charge >= 0.3 is 5.97 Å². The predicted octanol–water partition coefficient (Wildman–Crippen LogP) is 4.12. The number of para-hydroxylation sites is 1. The molecule has 0 saturated heterocycles. The summed E-state index contributed by atoms with van der Waals surface area (Å²) in [6.07, 6.45) is 1.31. The molecule has 192 valence electrons. The zero-order valence-corrected chi connectivity index (χ0v) is 21.0. The molecule has 0 spiro atoms. The van der Waals surface area contributed by atoms with Crippen LogP contribution in [0.25, 0.3) is 10.9 Å². The molecule has 0 aliphatic heterocycles. The summed E-state index contributed by atoms with van der Waals surface area (Å²) in [5.74, 6) is -1.37. The van der Waals surface area contributed by atoms with Crippen LogP contribution in [0.1, 0.15) is 15.2 Å². The number of nitrogens with zero attached hydrogens (tertiary/aromatic N) is 2. The fourth-order valence-corrected chi connectivity index (χ4v) is 5.31. The van der Waals surface area contributed by atoms with E-state index in [2.05, 4.69) is 0 Å². The lowest BCUT2D eigenvalue weighted by molar-refractivity contribution is 0.0603. The van der Waals surface area contributed by atoms with Crippen LogP contribution in [-0.4, -0.2) is 52.7 Å². The number of aromatic nitrogens is 1. The molecule has 9 nitrogen and oxygen atoms in total. The normalized spacial score (nSPS) is 11.2.